The average Bonchev–Trinajstić information content (AvgIpc) is 3.58. The second-order valence-electron chi connectivity index (χ2n) is 6.86. The molecule has 0 aliphatic carbocycles. The van der Waals surface area contributed by atoms with Gasteiger partial charge in [0.25, 0.3) is 0 Å². The van der Waals surface area contributed by atoms with Gasteiger partial charge in [0.05, 0.1) is 41.3 Å². The minimum Gasteiger partial charge on any atom is -0.321 e. The molecule has 2 N–H and O–H groups in total. The van der Waals surface area contributed by atoms with Crippen molar-refractivity contribution in [3.8, 4) is 0 Å². The lowest BCUT2D eigenvalue weighted by atomic mass is 10.3. The van der Waals surface area contributed by atoms with E-state index in [4.69, 9.17) is 46.4 Å². The second kappa shape index (κ2) is 8.22. The zero-order chi connectivity index (χ0) is 22.5. The van der Waals surface area contributed by atoms with Gasteiger partial charge in [-0.25, -0.2) is 18.0 Å². The number of urea groups is 2. The van der Waals surface area contributed by atoms with Crippen LogP contribution >= 0.6 is 46.4 Å². The van der Waals surface area contributed by atoms with E-state index in [9.17, 15) is 18.0 Å². The Kier molecular flexibility index (Phi) is 5.91. The Bertz CT molecular complexity index is 1080. The predicted octanol–water partition coefficient (Wildman–Crippen LogP) is 4.83. The fourth-order valence-corrected chi connectivity index (χ4v) is 5.45. The maximum atomic E-state index is 13.1. The molecule has 13 heteroatoms. The molecule has 0 unspecified atom stereocenters. The van der Waals surface area contributed by atoms with Crippen LogP contribution in [0.15, 0.2) is 34.1 Å². The maximum absolute atomic E-state index is 13.1. The molecule has 2 aliphatic rings. The smallest absolute Gasteiger partial charge is 0.321 e. The van der Waals surface area contributed by atoms with E-state index in [0.717, 1.165) is 0 Å². The highest BCUT2D eigenvalue weighted by Gasteiger charge is 2.29. The van der Waals surface area contributed by atoms with Gasteiger partial charge in [0.1, 0.15) is 0 Å². The molecule has 0 bridgehead atoms. The Morgan fingerprint density at radius 2 is 0.968 bits per heavy atom. The molecule has 4 rings (SSSR count). The number of nitrogens with one attached hydrogen (secondary N) is 2. The lowest BCUT2D eigenvalue weighted by Gasteiger charge is -2.14. The SMILES string of the molecule is O=C(Nc1c(Cl)cc(S(=O)(=O)c2cc(Cl)c(NC(=O)N3CC3)c(Cl)c2)cc1Cl)N1CC1. The second-order valence-corrected chi connectivity index (χ2v) is 10.4. The van der Waals surface area contributed by atoms with Crippen LogP contribution in [-0.4, -0.2) is 56.5 Å². The van der Waals surface area contributed by atoms with Crippen LogP contribution in [0.2, 0.25) is 20.1 Å². The molecule has 8 nitrogen and oxygen atoms in total. The van der Waals surface area contributed by atoms with Crippen molar-refractivity contribution in [2.24, 2.45) is 0 Å². The molecule has 4 amide bonds. The third kappa shape index (κ3) is 4.65. The number of amides is 4. The molecule has 2 fully saturated rings. The summed E-state index contributed by atoms with van der Waals surface area (Å²) >= 11 is 24.8. The van der Waals surface area contributed by atoms with Crippen LogP contribution in [0.1, 0.15) is 0 Å². The van der Waals surface area contributed by atoms with Crippen molar-refractivity contribution in [3.05, 3.63) is 44.4 Å². The molecule has 0 saturated carbocycles. The van der Waals surface area contributed by atoms with Crippen LogP contribution in [0.5, 0.6) is 0 Å². The minimum absolute atomic E-state index is 0.0409. The third-order valence-corrected chi connectivity index (χ3v) is 7.49. The van der Waals surface area contributed by atoms with Gasteiger partial charge in [-0.05, 0) is 24.3 Å². The molecule has 2 aliphatic heterocycles. The highest BCUT2D eigenvalue weighted by Crippen LogP contribution is 2.39. The lowest BCUT2D eigenvalue weighted by Crippen LogP contribution is -2.19. The van der Waals surface area contributed by atoms with E-state index in [1.807, 2.05) is 0 Å². The number of carbonyl (C=O) groups is 2. The zero-order valence-corrected chi connectivity index (χ0v) is 19.4. The highest BCUT2D eigenvalue weighted by atomic mass is 35.5. The Morgan fingerprint density at radius 3 is 1.23 bits per heavy atom. The minimum atomic E-state index is -4.11. The van der Waals surface area contributed by atoms with E-state index >= 15 is 0 Å². The monoisotopic (exact) mass is 522 g/mol. The largest absolute Gasteiger partial charge is 0.322 e. The molecule has 0 atom stereocenters. The Morgan fingerprint density at radius 1 is 0.677 bits per heavy atom. The molecule has 2 aromatic rings. The number of anilines is 2. The summed E-state index contributed by atoms with van der Waals surface area (Å²) in [6, 6.07) is 3.96. The number of hydrogen-bond acceptors (Lipinski definition) is 4. The van der Waals surface area contributed by atoms with Gasteiger partial charge in [0, 0.05) is 26.2 Å². The van der Waals surface area contributed by atoms with Gasteiger partial charge in [-0.15, -0.1) is 0 Å². The van der Waals surface area contributed by atoms with Gasteiger partial charge in [0.15, 0.2) is 0 Å². The molecular formula is C18H14Cl4N4O4S. The first kappa shape index (κ1) is 22.3. The molecule has 0 spiro atoms. The summed E-state index contributed by atoms with van der Waals surface area (Å²) in [7, 11) is -4.11. The fourth-order valence-electron chi connectivity index (χ4n) is 2.66. The van der Waals surface area contributed by atoms with Gasteiger partial charge in [-0.3, -0.25) is 0 Å². The van der Waals surface area contributed by atoms with Crippen LogP contribution < -0.4 is 10.6 Å². The van der Waals surface area contributed by atoms with Crippen LogP contribution in [-0.2, 0) is 9.84 Å². The van der Waals surface area contributed by atoms with E-state index in [1.54, 1.807) is 0 Å². The summed E-state index contributed by atoms with van der Waals surface area (Å²) in [6.07, 6.45) is 0. The fraction of sp³-hybridized carbons (Fsp3) is 0.222. The summed E-state index contributed by atoms with van der Waals surface area (Å²) < 4.78 is 26.2. The Labute approximate surface area is 197 Å². The van der Waals surface area contributed by atoms with Crippen molar-refractivity contribution in [1.82, 2.24) is 9.80 Å². The van der Waals surface area contributed by atoms with E-state index < -0.39 is 9.84 Å². The number of halogens is 4. The van der Waals surface area contributed by atoms with Crippen molar-refractivity contribution in [2.45, 2.75) is 9.79 Å². The first-order valence-corrected chi connectivity index (χ1v) is 11.9. The summed E-state index contributed by atoms with van der Waals surface area (Å²) in [4.78, 5) is 26.5. The van der Waals surface area contributed by atoms with Crippen molar-refractivity contribution in [1.29, 1.82) is 0 Å². The lowest BCUT2D eigenvalue weighted by molar-refractivity contribution is 0.241. The zero-order valence-electron chi connectivity index (χ0n) is 15.6. The van der Waals surface area contributed by atoms with Crippen LogP contribution in [0, 0.1) is 0 Å². The number of benzene rings is 2. The molecule has 2 saturated heterocycles. The third-order valence-electron chi connectivity index (χ3n) is 4.58. The molecule has 0 aromatic heterocycles. The van der Waals surface area contributed by atoms with E-state index in [2.05, 4.69) is 10.6 Å². The van der Waals surface area contributed by atoms with Crippen molar-refractivity contribution >= 4 is 79.7 Å². The molecular weight excluding hydrogens is 510 g/mol. The summed E-state index contributed by atoms with van der Waals surface area (Å²) in [6.45, 7) is 2.51. The van der Waals surface area contributed by atoms with Gasteiger partial charge in [0.2, 0.25) is 9.84 Å². The summed E-state index contributed by atoms with van der Waals surface area (Å²) in [5.74, 6) is 0. The number of rotatable bonds is 4. The van der Waals surface area contributed by atoms with Crippen LogP contribution in [0.25, 0.3) is 0 Å². The summed E-state index contributed by atoms with van der Waals surface area (Å²) in [5.41, 5.74) is 0.228. The first-order valence-electron chi connectivity index (χ1n) is 8.93. The number of carbonyl (C=O) groups excluding carboxylic acids is 2. The Hall–Kier alpha value is -1.91. The predicted molar refractivity (Wildman–Crippen MR) is 120 cm³/mol. The topological polar surface area (TPSA) is 98.4 Å². The Balaban J connectivity index is 1.64. The molecule has 0 radical (unpaired) electrons. The van der Waals surface area contributed by atoms with Gasteiger partial charge >= 0.3 is 12.1 Å². The maximum Gasteiger partial charge on any atom is 0.322 e. The van der Waals surface area contributed by atoms with Crippen molar-refractivity contribution in [2.75, 3.05) is 36.8 Å². The molecule has 2 heterocycles. The summed E-state index contributed by atoms with van der Waals surface area (Å²) in [5, 5.41) is 4.95. The highest BCUT2D eigenvalue weighted by molar-refractivity contribution is 7.91. The van der Waals surface area contributed by atoms with Crippen molar-refractivity contribution < 1.29 is 18.0 Å². The normalized spacial score (nSPS) is 15.0. The number of hydrogen-bond donors (Lipinski definition) is 2. The quantitative estimate of drug-likeness (QED) is 0.561. The van der Waals surface area contributed by atoms with E-state index in [0.29, 0.717) is 26.2 Å². The average molecular weight is 524 g/mol. The molecule has 31 heavy (non-hydrogen) atoms. The standard InChI is InChI=1S/C18H14Cl4N4O4S/c19-11-5-9(6-12(20)15(11)23-17(27)25-1-2-25)31(29,30)10-7-13(21)16(14(22)8-10)24-18(28)26-3-4-26/h5-8H,1-4H2,(H,23,27)(H,24,28). The first-order chi connectivity index (χ1) is 14.6. The number of sulfone groups is 1. The van der Waals surface area contributed by atoms with Crippen LogP contribution in [0.3, 0.4) is 0 Å². The van der Waals surface area contributed by atoms with Gasteiger partial charge in [-0.2, -0.15) is 0 Å². The molecule has 2 aromatic carbocycles. The van der Waals surface area contributed by atoms with Crippen LogP contribution in [0.4, 0.5) is 21.0 Å². The van der Waals surface area contributed by atoms with E-state index in [-0.39, 0.29) is 53.3 Å². The van der Waals surface area contributed by atoms with Crippen molar-refractivity contribution in [3.63, 3.8) is 0 Å². The molecule has 164 valence electrons. The van der Waals surface area contributed by atoms with Gasteiger partial charge < -0.3 is 20.4 Å². The number of nitrogens with zero attached hydrogens (tertiary/aromatic N) is 2. The van der Waals surface area contributed by atoms with Gasteiger partial charge in [-0.1, -0.05) is 46.4 Å². The van der Waals surface area contributed by atoms with E-state index in [1.165, 1.54) is 34.1 Å².